The van der Waals surface area contributed by atoms with Gasteiger partial charge in [-0.1, -0.05) is 36.4 Å². The van der Waals surface area contributed by atoms with Gasteiger partial charge in [-0.3, -0.25) is 19.2 Å². The molecule has 6 heterocycles. The van der Waals surface area contributed by atoms with Crippen LogP contribution in [0.1, 0.15) is 116 Å². The summed E-state index contributed by atoms with van der Waals surface area (Å²) in [4.78, 5) is 90.0. The van der Waals surface area contributed by atoms with Crippen molar-refractivity contribution in [1.29, 1.82) is 0 Å². The van der Waals surface area contributed by atoms with Crippen LogP contribution < -0.4 is 33.5 Å². The van der Waals surface area contributed by atoms with E-state index in [2.05, 4.69) is 13.2 Å². The molecule has 0 aliphatic carbocycles. The topological polar surface area (TPSA) is 419 Å². The summed E-state index contributed by atoms with van der Waals surface area (Å²) in [6.07, 6.45) is -19.4. The number of aryl methyl sites for hydroxylation is 1. The van der Waals surface area contributed by atoms with Gasteiger partial charge in [0.1, 0.15) is 79.3 Å². The van der Waals surface area contributed by atoms with E-state index in [9.17, 15) is 79.8 Å². The highest BCUT2D eigenvalue weighted by molar-refractivity contribution is 6.07. The molecule has 102 heavy (non-hydrogen) atoms. The number of carbonyl (C=O) groups is 6. The minimum atomic E-state index is -1.79. The van der Waals surface area contributed by atoms with Crippen LogP contribution in [0.3, 0.4) is 0 Å². The number of unbranched alkanes of at least 4 members (excludes halogenated alkanes) is 2. The minimum Gasteiger partial charge on any atom is -0.493 e. The molecular weight excluding hydrogens is 1340 g/mol. The van der Waals surface area contributed by atoms with Crippen LogP contribution in [0.2, 0.25) is 0 Å². The molecule has 0 radical (unpaired) electrons. The molecule has 31 heteroatoms. The van der Waals surface area contributed by atoms with Crippen molar-refractivity contribution < 1.29 is 132 Å². The molecule has 0 spiro atoms. The summed E-state index contributed by atoms with van der Waals surface area (Å²) in [6, 6.07) is 12.5. The standard InChI is InChI=1S/C71H88N4O27/c1-36-22-47-66(88)74(70(90)97-34-39-14-16-51(43(25-39)49(78)12-10-18-92-4)99-68-62(84)60(82)58(80)56(32-76)101-68)45-28-53(38(3)24-41(45)64(86)72(47)30-36)95-20-8-7-9-21-96-55-29-46-42(27-54(55)94-6)65(87)73-31-37(2)23-48(73)67(89)75(46)71(91)98-35-40-15-17-52(44(26-40)50(79)13-11-19-93-5)100-69-63(85)61(83)59(81)57(33-77)102-69/h14-17,24-29,47-48,56-63,66-69,76-77,80-85,88-89H,1-2,7-13,18-23,30-35H2,3-6H3/t47-,48-,56+,57+,58+,59-,60-,61-,62+,63+,66?,67?,68+,69+/m0/s1. The quantitative estimate of drug-likeness (QED) is 0.0212. The Morgan fingerprint density at radius 3 is 1.37 bits per heavy atom. The number of hydrogen-bond acceptors (Lipinski definition) is 27. The Morgan fingerprint density at radius 1 is 0.510 bits per heavy atom. The van der Waals surface area contributed by atoms with Crippen LogP contribution in [0.15, 0.2) is 85.0 Å². The van der Waals surface area contributed by atoms with Crippen LogP contribution in [0.4, 0.5) is 21.0 Å². The van der Waals surface area contributed by atoms with Gasteiger partial charge in [-0.15, -0.1) is 0 Å². The molecule has 4 amide bonds. The molecule has 4 aromatic carbocycles. The Hall–Kier alpha value is -8.38. The maximum Gasteiger partial charge on any atom is 0.416 e. The lowest BCUT2D eigenvalue weighted by atomic mass is 9.99. The second kappa shape index (κ2) is 33.8. The van der Waals surface area contributed by atoms with E-state index < -0.39 is 148 Å². The number of hydrogen-bond donors (Lipinski definition) is 10. The molecule has 10 rings (SSSR count). The minimum absolute atomic E-state index is 0.00259. The summed E-state index contributed by atoms with van der Waals surface area (Å²) < 4.78 is 63.1. The van der Waals surface area contributed by atoms with Gasteiger partial charge in [-0.25, -0.2) is 19.4 Å². The Labute approximate surface area is 587 Å². The molecule has 31 nitrogen and oxygen atoms in total. The van der Waals surface area contributed by atoms with E-state index in [1.807, 2.05) is 0 Å². The van der Waals surface area contributed by atoms with Gasteiger partial charge in [0, 0.05) is 65.5 Å². The molecule has 14 atom stereocenters. The Kier molecular flexibility index (Phi) is 25.3. The number of aliphatic hydroxyl groups is 10. The van der Waals surface area contributed by atoms with Gasteiger partial charge >= 0.3 is 12.2 Å². The summed E-state index contributed by atoms with van der Waals surface area (Å²) in [5.41, 5.74) is 2.32. The molecule has 4 fully saturated rings. The lowest BCUT2D eigenvalue weighted by molar-refractivity contribution is -0.277. The summed E-state index contributed by atoms with van der Waals surface area (Å²) in [5, 5.41) is 107. The van der Waals surface area contributed by atoms with Gasteiger partial charge in [0.25, 0.3) is 11.8 Å². The molecule has 0 bridgehead atoms. The predicted molar refractivity (Wildman–Crippen MR) is 356 cm³/mol. The largest absolute Gasteiger partial charge is 0.493 e. The van der Waals surface area contributed by atoms with E-state index in [-0.39, 0.29) is 139 Å². The number of nitrogens with zero attached hydrogens (tertiary/aromatic N) is 4. The number of Topliss-reactive ketones (excluding diaryl/α,β-unsaturated/α-hetero) is 2. The summed E-state index contributed by atoms with van der Waals surface area (Å²) in [6.45, 7) is 8.35. The number of amides is 4. The average molecular weight is 1430 g/mol. The lowest BCUT2D eigenvalue weighted by Crippen LogP contribution is -2.60. The van der Waals surface area contributed by atoms with Crippen LogP contribution >= 0.6 is 0 Å². The fourth-order valence-corrected chi connectivity index (χ4v) is 13.1. The maximum atomic E-state index is 14.5. The molecule has 0 aromatic heterocycles. The van der Waals surface area contributed by atoms with E-state index in [1.165, 1.54) is 85.7 Å². The Bertz CT molecular complexity index is 3740. The number of methoxy groups -OCH3 is 3. The van der Waals surface area contributed by atoms with Crippen molar-refractivity contribution in [2.75, 3.05) is 83.9 Å². The molecule has 0 saturated carbocycles. The number of fused-ring (bicyclic) bond motifs is 4. The number of ketones is 2. The highest BCUT2D eigenvalue weighted by atomic mass is 16.7. The van der Waals surface area contributed by atoms with Gasteiger partial charge in [0.2, 0.25) is 12.6 Å². The zero-order valence-corrected chi connectivity index (χ0v) is 56.9. The highest BCUT2D eigenvalue weighted by Crippen LogP contribution is 2.44. The number of benzene rings is 4. The van der Waals surface area contributed by atoms with Crippen LogP contribution in [0.25, 0.3) is 0 Å². The predicted octanol–water partition coefficient (Wildman–Crippen LogP) is 2.70. The van der Waals surface area contributed by atoms with Gasteiger partial charge in [0.15, 0.2) is 35.5 Å². The van der Waals surface area contributed by atoms with Crippen molar-refractivity contribution in [2.45, 2.75) is 164 Å². The first-order chi connectivity index (χ1) is 48.9. The van der Waals surface area contributed by atoms with Crippen LogP contribution in [0.5, 0.6) is 28.7 Å². The molecule has 6 aliphatic heterocycles. The first-order valence-electron chi connectivity index (χ1n) is 33.5. The Balaban J connectivity index is 0.812. The first-order valence-corrected chi connectivity index (χ1v) is 33.5. The molecule has 2 unspecified atom stereocenters. The summed E-state index contributed by atoms with van der Waals surface area (Å²) in [7, 11) is 4.32. The molecule has 10 N–H and O–H groups in total. The summed E-state index contributed by atoms with van der Waals surface area (Å²) in [5.74, 6) is -1.53. The number of carbonyl (C=O) groups excluding carboxylic acids is 6. The smallest absolute Gasteiger partial charge is 0.416 e. The van der Waals surface area contributed by atoms with Crippen molar-refractivity contribution in [3.63, 3.8) is 0 Å². The molecule has 554 valence electrons. The van der Waals surface area contributed by atoms with Crippen molar-refractivity contribution in [3.8, 4) is 28.7 Å². The monoisotopic (exact) mass is 1430 g/mol. The second-order valence-corrected chi connectivity index (χ2v) is 25.8. The van der Waals surface area contributed by atoms with Crippen molar-refractivity contribution in [1.82, 2.24) is 9.80 Å². The van der Waals surface area contributed by atoms with Gasteiger partial charge < -0.3 is 113 Å². The Morgan fingerprint density at radius 2 is 0.941 bits per heavy atom. The van der Waals surface area contributed by atoms with Crippen LogP contribution in [0, 0.1) is 6.92 Å². The van der Waals surface area contributed by atoms with E-state index in [4.69, 9.17) is 52.1 Å². The average Bonchev–Trinajstić information content (AvgIpc) is 1.58. The SMILES string of the molecule is C=C1C[C@H]2C(O)N(C(=O)OCc3ccc(O[C@@H]4O[C@H](CO)[C@@H](O)[C@H](O)[C@H]4O)c(C(=O)CCCOC)c3)c3cc(OCCCCCOc4cc5c(cc4OC)C(=O)N4CC(=C)C[C@H]4C(O)N5C(=O)OCc4ccc(O[C@@H]5O[C@H](CO)[C@H](O)[C@H](O)[C@H]5O)c(C(=O)CCCOC)c4)c(C)cc3C(=O)N2C1. The van der Waals surface area contributed by atoms with E-state index >= 15 is 0 Å². The van der Waals surface area contributed by atoms with Gasteiger partial charge in [-0.05, 0) is 105 Å². The van der Waals surface area contributed by atoms with Crippen molar-refractivity contribution >= 4 is 46.9 Å². The van der Waals surface area contributed by atoms with Gasteiger partial charge in [0.05, 0.1) is 79.2 Å². The molecule has 4 aromatic rings. The van der Waals surface area contributed by atoms with Crippen molar-refractivity contribution in [3.05, 3.63) is 124 Å². The molecule has 4 saturated heterocycles. The normalized spacial score (nSPS) is 26.1. The molecular formula is C71H88N4O27. The zero-order valence-electron chi connectivity index (χ0n) is 56.9. The molecule has 6 aliphatic rings. The number of aliphatic hydroxyl groups excluding tert-OH is 10. The first kappa shape index (κ1) is 76.3. The third-order valence-corrected chi connectivity index (χ3v) is 18.7. The van der Waals surface area contributed by atoms with Crippen molar-refractivity contribution in [2.24, 2.45) is 0 Å². The third-order valence-electron chi connectivity index (χ3n) is 18.7. The second-order valence-electron chi connectivity index (χ2n) is 25.8. The number of rotatable bonds is 29. The summed E-state index contributed by atoms with van der Waals surface area (Å²) >= 11 is 0. The van der Waals surface area contributed by atoms with Crippen LogP contribution in [-0.4, -0.2) is 256 Å². The fourth-order valence-electron chi connectivity index (χ4n) is 13.1. The van der Waals surface area contributed by atoms with Gasteiger partial charge in [-0.2, -0.15) is 0 Å². The van der Waals surface area contributed by atoms with E-state index in [1.54, 1.807) is 13.0 Å². The van der Waals surface area contributed by atoms with Crippen LogP contribution in [-0.2, 0) is 41.6 Å². The van der Waals surface area contributed by atoms with E-state index in [0.29, 0.717) is 48.8 Å². The zero-order chi connectivity index (χ0) is 73.4. The number of ether oxygens (including phenoxy) is 11. The highest BCUT2D eigenvalue weighted by Gasteiger charge is 2.50. The lowest BCUT2D eigenvalue weighted by Gasteiger charge is -2.39. The van der Waals surface area contributed by atoms with E-state index in [0.717, 1.165) is 9.80 Å². The fraction of sp³-hybridized carbons (Fsp3) is 0.521. The maximum absolute atomic E-state index is 14.5. The third kappa shape index (κ3) is 16.5. The number of anilines is 2.